The smallest absolute Gasteiger partial charge is 0.872 e. The van der Waals surface area contributed by atoms with E-state index in [0.29, 0.717) is 5.56 Å². The maximum atomic E-state index is 12.4. The zero-order chi connectivity index (χ0) is 21.3. The fourth-order valence-electron chi connectivity index (χ4n) is 3.24. The van der Waals surface area contributed by atoms with Crippen LogP contribution in [0.5, 0.6) is 28.7 Å². The van der Waals surface area contributed by atoms with E-state index in [1.165, 1.54) is 36.4 Å². The van der Waals surface area contributed by atoms with Crippen LogP contribution in [0.25, 0.3) is 0 Å². The molecule has 1 atom stereocenters. The molecule has 0 saturated carbocycles. The van der Waals surface area contributed by atoms with Crippen LogP contribution in [0.3, 0.4) is 0 Å². The molecule has 3 aromatic carbocycles. The first-order valence-electron chi connectivity index (χ1n) is 9.05. The SMILES string of the molecule is O=C(N/N=C1\CC(c2ccc(O)cc2)Oc2cc(O)cc([O-])c21)c1ccccc1[O-].[Cu+2]. The van der Waals surface area contributed by atoms with Crippen molar-refractivity contribution >= 4 is 11.6 Å². The Labute approximate surface area is 187 Å². The normalized spacial score (nSPS) is 16.0. The zero-order valence-corrected chi connectivity index (χ0v) is 16.8. The Kier molecular flexibility index (Phi) is 6.39. The molecule has 4 rings (SSSR count). The number of hydrogen-bond donors (Lipinski definition) is 3. The first-order chi connectivity index (χ1) is 14.4. The van der Waals surface area contributed by atoms with Gasteiger partial charge in [0.2, 0.25) is 0 Å². The summed E-state index contributed by atoms with van der Waals surface area (Å²) in [5.74, 6) is -1.69. The molecule has 0 saturated heterocycles. The average molecular weight is 468 g/mol. The third-order valence-corrected chi connectivity index (χ3v) is 4.68. The largest absolute Gasteiger partial charge is 2.00 e. The Morgan fingerprint density at radius 1 is 1.00 bits per heavy atom. The summed E-state index contributed by atoms with van der Waals surface area (Å²) in [4.78, 5) is 12.4. The van der Waals surface area contributed by atoms with Gasteiger partial charge in [0.05, 0.1) is 5.71 Å². The molecular weight excluding hydrogens is 452 g/mol. The fraction of sp³-hybridized carbons (Fsp3) is 0.0909. The maximum Gasteiger partial charge on any atom is 2.00 e. The van der Waals surface area contributed by atoms with E-state index in [2.05, 4.69) is 10.5 Å². The number of para-hydroxylation sites is 1. The Bertz CT molecular complexity index is 1150. The molecule has 31 heavy (non-hydrogen) atoms. The van der Waals surface area contributed by atoms with Crippen LogP contribution >= 0.6 is 0 Å². The van der Waals surface area contributed by atoms with Crippen LogP contribution in [0.2, 0.25) is 0 Å². The molecule has 8 nitrogen and oxygen atoms in total. The number of hydrazone groups is 1. The van der Waals surface area contributed by atoms with Crippen LogP contribution in [0.1, 0.15) is 34.0 Å². The minimum atomic E-state index is -0.700. The topological polar surface area (TPSA) is 137 Å². The van der Waals surface area contributed by atoms with Crippen LogP contribution in [-0.4, -0.2) is 21.8 Å². The second kappa shape index (κ2) is 8.99. The third-order valence-electron chi connectivity index (χ3n) is 4.68. The molecule has 9 heteroatoms. The van der Waals surface area contributed by atoms with Gasteiger partial charge in [-0.3, -0.25) is 4.79 Å². The summed E-state index contributed by atoms with van der Waals surface area (Å²) in [7, 11) is 0. The number of nitrogens with zero attached hydrogens (tertiary/aromatic N) is 1. The van der Waals surface area contributed by atoms with Crippen LogP contribution in [0.4, 0.5) is 0 Å². The average Bonchev–Trinajstić information content (AvgIpc) is 2.72. The molecule has 1 amide bonds. The minimum Gasteiger partial charge on any atom is -0.872 e. The van der Waals surface area contributed by atoms with Gasteiger partial charge in [-0.25, -0.2) is 5.43 Å². The number of ether oxygens (including phenoxy) is 1. The van der Waals surface area contributed by atoms with E-state index in [9.17, 15) is 25.2 Å². The molecule has 1 heterocycles. The van der Waals surface area contributed by atoms with Crippen molar-refractivity contribution in [2.75, 3.05) is 0 Å². The number of benzene rings is 3. The molecular formula is C22H16CuN2O6. The summed E-state index contributed by atoms with van der Waals surface area (Å²) in [6.07, 6.45) is -0.418. The summed E-state index contributed by atoms with van der Waals surface area (Å²) in [5, 5.41) is 47.7. The number of phenolic OH excluding ortho intramolecular Hbond substituents is 2. The Hall–Kier alpha value is -3.68. The van der Waals surface area contributed by atoms with Crippen molar-refractivity contribution in [2.24, 2.45) is 5.10 Å². The summed E-state index contributed by atoms with van der Waals surface area (Å²) in [6.45, 7) is 0. The van der Waals surface area contributed by atoms with Crippen molar-refractivity contribution in [3.8, 4) is 28.7 Å². The molecule has 0 fully saturated rings. The molecule has 1 aliphatic rings. The second-order valence-electron chi connectivity index (χ2n) is 6.71. The summed E-state index contributed by atoms with van der Waals surface area (Å²) in [5.41, 5.74) is 3.33. The van der Waals surface area contributed by atoms with Gasteiger partial charge in [-0.15, -0.1) is 0 Å². The first kappa shape index (κ1) is 22.0. The van der Waals surface area contributed by atoms with Crippen LogP contribution in [-0.2, 0) is 17.1 Å². The van der Waals surface area contributed by atoms with E-state index in [-0.39, 0.29) is 57.6 Å². The number of phenols is 2. The molecule has 3 aromatic rings. The van der Waals surface area contributed by atoms with Crippen LogP contribution < -0.4 is 20.4 Å². The van der Waals surface area contributed by atoms with E-state index >= 15 is 0 Å². The predicted molar refractivity (Wildman–Crippen MR) is 104 cm³/mol. The Balaban J connectivity index is 0.00000272. The molecule has 0 aliphatic carbocycles. The van der Waals surface area contributed by atoms with Crippen LogP contribution in [0, 0.1) is 0 Å². The van der Waals surface area contributed by atoms with E-state index in [4.69, 9.17) is 4.74 Å². The molecule has 161 valence electrons. The van der Waals surface area contributed by atoms with E-state index in [1.54, 1.807) is 18.2 Å². The van der Waals surface area contributed by atoms with Crippen molar-refractivity contribution in [3.05, 3.63) is 77.4 Å². The van der Waals surface area contributed by atoms with Crippen molar-refractivity contribution in [1.82, 2.24) is 5.43 Å². The summed E-state index contributed by atoms with van der Waals surface area (Å²) in [6, 6.07) is 14.4. The number of fused-ring (bicyclic) bond motifs is 1. The molecule has 1 radical (unpaired) electrons. The number of hydrogen-bond acceptors (Lipinski definition) is 7. The van der Waals surface area contributed by atoms with Crippen molar-refractivity contribution in [2.45, 2.75) is 12.5 Å². The number of carbonyl (C=O) groups excluding carboxylic acids is 1. The molecule has 0 aromatic heterocycles. The zero-order valence-electron chi connectivity index (χ0n) is 15.8. The number of nitrogens with one attached hydrogen (secondary N) is 1. The molecule has 0 bridgehead atoms. The maximum absolute atomic E-state index is 12.4. The Morgan fingerprint density at radius 2 is 1.71 bits per heavy atom. The van der Waals surface area contributed by atoms with Crippen molar-refractivity contribution in [1.29, 1.82) is 0 Å². The molecule has 1 unspecified atom stereocenters. The Morgan fingerprint density at radius 3 is 2.42 bits per heavy atom. The molecule has 1 aliphatic heterocycles. The minimum absolute atomic E-state index is 0. The second-order valence-corrected chi connectivity index (χ2v) is 6.71. The van der Waals surface area contributed by atoms with Crippen molar-refractivity contribution in [3.63, 3.8) is 0 Å². The number of rotatable bonds is 3. The number of amides is 1. The van der Waals surface area contributed by atoms with Gasteiger partial charge in [-0.2, -0.15) is 5.10 Å². The van der Waals surface area contributed by atoms with Gasteiger partial charge in [-0.1, -0.05) is 47.9 Å². The van der Waals surface area contributed by atoms with E-state index in [0.717, 1.165) is 6.07 Å². The third kappa shape index (κ3) is 4.58. The van der Waals surface area contributed by atoms with Crippen molar-refractivity contribution < 1.29 is 47.0 Å². The summed E-state index contributed by atoms with van der Waals surface area (Å²) < 4.78 is 5.88. The molecule has 3 N–H and O–H groups in total. The number of aromatic hydroxyl groups is 2. The van der Waals surface area contributed by atoms with Gasteiger partial charge in [0, 0.05) is 23.6 Å². The van der Waals surface area contributed by atoms with Gasteiger partial charge in [0.25, 0.3) is 5.91 Å². The summed E-state index contributed by atoms with van der Waals surface area (Å²) >= 11 is 0. The predicted octanol–water partition coefficient (Wildman–Crippen LogP) is 1.90. The van der Waals surface area contributed by atoms with Gasteiger partial charge in [-0.05, 0) is 23.8 Å². The van der Waals surface area contributed by atoms with Gasteiger partial charge in [0.1, 0.15) is 23.4 Å². The first-order valence-corrected chi connectivity index (χ1v) is 9.05. The fourth-order valence-corrected chi connectivity index (χ4v) is 3.24. The van der Waals surface area contributed by atoms with Gasteiger partial charge in [0.15, 0.2) is 0 Å². The standard InChI is InChI=1S/C22H18N2O6.Cu/c25-13-7-5-12(6-8-13)19-11-16(21-18(28)9-14(26)10-20(21)30-19)23-24-22(29)15-3-1-2-4-17(15)27;/h1-10,19,25-28H,11H2,(H,24,29);/q;+2/p-2/b23-16+;. The van der Waals surface area contributed by atoms with E-state index < -0.39 is 23.5 Å². The van der Waals surface area contributed by atoms with Gasteiger partial charge < -0.3 is 25.2 Å². The number of carbonyl (C=O) groups is 1. The van der Waals surface area contributed by atoms with Crippen LogP contribution in [0.15, 0.2) is 65.8 Å². The molecule has 0 spiro atoms. The monoisotopic (exact) mass is 467 g/mol. The van der Waals surface area contributed by atoms with Gasteiger partial charge >= 0.3 is 17.1 Å². The van der Waals surface area contributed by atoms with E-state index in [1.807, 2.05) is 0 Å². The quantitative estimate of drug-likeness (QED) is 0.397.